The van der Waals surface area contributed by atoms with Gasteiger partial charge in [0.25, 0.3) is 0 Å². The molecule has 0 radical (unpaired) electrons. The van der Waals surface area contributed by atoms with E-state index in [2.05, 4.69) is 68.2 Å². The van der Waals surface area contributed by atoms with Crippen LogP contribution in [0.15, 0.2) is 30.3 Å². The Bertz CT molecular complexity index is 413. The number of hydrogen-bond donors (Lipinski definition) is 1. The van der Waals surface area contributed by atoms with Gasteiger partial charge in [-0.2, -0.15) is 0 Å². The number of rotatable bonds is 5. The molecule has 20 heavy (non-hydrogen) atoms. The number of piperazine rings is 1. The third kappa shape index (κ3) is 3.83. The Labute approximate surface area is 124 Å². The smallest absolute Gasteiger partial charge is 0.0278 e. The molecule has 112 valence electrons. The van der Waals surface area contributed by atoms with Gasteiger partial charge in [0.15, 0.2) is 0 Å². The minimum atomic E-state index is 0.269. The molecule has 1 N–H and O–H groups in total. The van der Waals surface area contributed by atoms with Crippen molar-refractivity contribution in [3.8, 4) is 0 Å². The number of nitrogens with zero attached hydrogens (tertiary/aromatic N) is 1. The van der Waals surface area contributed by atoms with Crippen LogP contribution < -0.4 is 5.32 Å². The van der Waals surface area contributed by atoms with Crippen LogP contribution in [0.1, 0.15) is 46.1 Å². The monoisotopic (exact) mass is 274 g/mol. The molecular weight excluding hydrogens is 244 g/mol. The first-order valence-electron chi connectivity index (χ1n) is 7.99. The van der Waals surface area contributed by atoms with Gasteiger partial charge >= 0.3 is 0 Å². The molecule has 1 aliphatic rings. The van der Waals surface area contributed by atoms with E-state index in [0.29, 0.717) is 0 Å². The van der Waals surface area contributed by atoms with Crippen molar-refractivity contribution in [1.82, 2.24) is 10.2 Å². The molecule has 2 nitrogen and oxygen atoms in total. The fraction of sp³-hybridized carbons (Fsp3) is 0.667. The zero-order valence-corrected chi connectivity index (χ0v) is 13.6. The summed E-state index contributed by atoms with van der Waals surface area (Å²) in [5.41, 5.74) is 2.01. The zero-order valence-electron chi connectivity index (χ0n) is 13.6. The van der Waals surface area contributed by atoms with Crippen LogP contribution in [0, 0.1) is 0 Å². The van der Waals surface area contributed by atoms with Gasteiger partial charge in [-0.3, -0.25) is 4.90 Å². The van der Waals surface area contributed by atoms with E-state index < -0.39 is 0 Å². The Balaban J connectivity index is 1.89. The number of benzene rings is 1. The number of hydrogen-bond acceptors (Lipinski definition) is 2. The molecule has 0 spiro atoms. The minimum absolute atomic E-state index is 0.269. The largest absolute Gasteiger partial charge is 0.308 e. The summed E-state index contributed by atoms with van der Waals surface area (Å²) >= 11 is 0. The summed E-state index contributed by atoms with van der Waals surface area (Å²) in [6.07, 6.45) is 3.62. The summed E-state index contributed by atoms with van der Waals surface area (Å²) in [6.45, 7) is 12.8. The molecule has 1 atom stereocenters. The highest BCUT2D eigenvalue weighted by Gasteiger charge is 2.38. The standard InChI is InChI=1S/C18H30N2/c1-5-18(4)15-20(17(2,3)14-19-18)13-9-12-16-10-7-6-8-11-16/h6-8,10-11,19H,5,9,12-15H2,1-4H3. The van der Waals surface area contributed by atoms with Crippen molar-refractivity contribution in [3.63, 3.8) is 0 Å². The molecule has 1 aliphatic heterocycles. The van der Waals surface area contributed by atoms with Crippen LogP contribution in [0.3, 0.4) is 0 Å². The maximum Gasteiger partial charge on any atom is 0.0278 e. The Morgan fingerprint density at radius 2 is 1.85 bits per heavy atom. The third-order valence-electron chi connectivity index (χ3n) is 4.86. The molecule has 2 rings (SSSR count). The maximum atomic E-state index is 3.73. The van der Waals surface area contributed by atoms with E-state index >= 15 is 0 Å². The summed E-state index contributed by atoms with van der Waals surface area (Å²) in [5.74, 6) is 0. The van der Waals surface area contributed by atoms with E-state index in [-0.39, 0.29) is 11.1 Å². The van der Waals surface area contributed by atoms with E-state index in [1.807, 2.05) is 0 Å². The van der Waals surface area contributed by atoms with Crippen LogP contribution >= 0.6 is 0 Å². The molecule has 0 aromatic heterocycles. The Morgan fingerprint density at radius 3 is 2.50 bits per heavy atom. The quantitative estimate of drug-likeness (QED) is 0.884. The van der Waals surface area contributed by atoms with Gasteiger partial charge in [-0.1, -0.05) is 37.3 Å². The predicted molar refractivity (Wildman–Crippen MR) is 87.1 cm³/mol. The van der Waals surface area contributed by atoms with Crippen molar-refractivity contribution in [2.45, 2.75) is 58.0 Å². The van der Waals surface area contributed by atoms with Crippen LogP contribution in [-0.4, -0.2) is 35.6 Å². The molecule has 0 bridgehead atoms. The summed E-state index contributed by atoms with van der Waals surface area (Å²) in [5, 5.41) is 3.73. The summed E-state index contributed by atoms with van der Waals surface area (Å²) in [7, 11) is 0. The zero-order chi connectivity index (χ0) is 14.6. The van der Waals surface area contributed by atoms with Crippen LogP contribution in [0.4, 0.5) is 0 Å². The highest BCUT2D eigenvalue weighted by Crippen LogP contribution is 2.25. The molecular formula is C18H30N2. The van der Waals surface area contributed by atoms with Gasteiger partial charge in [-0.25, -0.2) is 0 Å². The van der Waals surface area contributed by atoms with Crippen LogP contribution in [0.25, 0.3) is 0 Å². The van der Waals surface area contributed by atoms with Crippen molar-refractivity contribution in [1.29, 1.82) is 0 Å². The van der Waals surface area contributed by atoms with E-state index in [9.17, 15) is 0 Å². The second-order valence-electron chi connectivity index (χ2n) is 7.09. The molecule has 1 heterocycles. The summed E-state index contributed by atoms with van der Waals surface area (Å²) in [4.78, 5) is 2.68. The number of nitrogens with one attached hydrogen (secondary N) is 1. The van der Waals surface area contributed by atoms with Gasteiger partial charge in [0, 0.05) is 24.2 Å². The van der Waals surface area contributed by atoms with Crippen molar-refractivity contribution in [2.24, 2.45) is 0 Å². The fourth-order valence-electron chi connectivity index (χ4n) is 2.97. The third-order valence-corrected chi connectivity index (χ3v) is 4.86. The average molecular weight is 274 g/mol. The normalized spacial score (nSPS) is 26.6. The highest BCUT2D eigenvalue weighted by atomic mass is 15.3. The Kier molecular flexibility index (Phi) is 4.87. The van der Waals surface area contributed by atoms with E-state index in [1.54, 1.807) is 0 Å². The van der Waals surface area contributed by atoms with Gasteiger partial charge in [-0.05, 0) is 52.1 Å². The van der Waals surface area contributed by atoms with Gasteiger partial charge < -0.3 is 5.32 Å². The molecule has 1 aromatic carbocycles. The van der Waals surface area contributed by atoms with Gasteiger partial charge in [0.1, 0.15) is 0 Å². The van der Waals surface area contributed by atoms with Crippen molar-refractivity contribution in [2.75, 3.05) is 19.6 Å². The number of aryl methyl sites for hydroxylation is 1. The summed E-state index contributed by atoms with van der Waals surface area (Å²) < 4.78 is 0. The maximum absolute atomic E-state index is 3.73. The van der Waals surface area contributed by atoms with E-state index in [1.165, 1.54) is 31.4 Å². The molecule has 0 amide bonds. The van der Waals surface area contributed by atoms with Gasteiger partial charge in [0.05, 0.1) is 0 Å². The molecule has 1 fully saturated rings. The topological polar surface area (TPSA) is 15.3 Å². The Hall–Kier alpha value is -0.860. The second-order valence-corrected chi connectivity index (χ2v) is 7.09. The second kappa shape index (κ2) is 6.28. The van der Waals surface area contributed by atoms with Crippen molar-refractivity contribution < 1.29 is 0 Å². The van der Waals surface area contributed by atoms with E-state index in [4.69, 9.17) is 0 Å². The lowest BCUT2D eigenvalue weighted by Crippen LogP contribution is -2.67. The average Bonchev–Trinajstić information content (AvgIpc) is 2.44. The first kappa shape index (κ1) is 15.5. The lowest BCUT2D eigenvalue weighted by atomic mass is 9.88. The first-order chi connectivity index (χ1) is 9.45. The van der Waals surface area contributed by atoms with Gasteiger partial charge in [0.2, 0.25) is 0 Å². The molecule has 1 aromatic rings. The SMILES string of the molecule is CCC1(C)CN(CCCc2ccccc2)C(C)(C)CN1. The first-order valence-corrected chi connectivity index (χ1v) is 7.99. The van der Waals surface area contributed by atoms with Crippen LogP contribution in [0.2, 0.25) is 0 Å². The molecule has 0 aliphatic carbocycles. The molecule has 1 saturated heterocycles. The Morgan fingerprint density at radius 1 is 1.15 bits per heavy atom. The lowest BCUT2D eigenvalue weighted by Gasteiger charge is -2.51. The molecule has 1 unspecified atom stereocenters. The van der Waals surface area contributed by atoms with Crippen LogP contribution in [-0.2, 0) is 6.42 Å². The van der Waals surface area contributed by atoms with Crippen LogP contribution in [0.5, 0.6) is 0 Å². The van der Waals surface area contributed by atoms with Crippen molar-refractivity contribution >= 4 is 0 Å². The summed E-state index contributed by atoms with van der Waals surface area (Å²) in [6, 6.07) is 10.8. The minimum Gasteiger partial charge on any atom is -0.308 e. The lowest BCUT2D eigenvalue weighted by molar-refractivity contribution is 0.0306. The van der Waals surface area contributed by atoms with Gasteiger partial charge in [-0.15, -0.1) is 0 Å². The molecule has 0 saturated carbocycles. The molecule has 2 heteroatoms. The van der Waals surface area contributed by atoms with Crippen molar-refractivity contribution in [3.05, 3.63) is 35.9 Å². The highest BCUT2D eigenvalue weighted by molar-refractivity contribution is 5.14. The fourth-order valence-corrected chi connectivity index (χ4v) is 2.97. The van der Waals surface area contributed by atoms with E-state index in [0.717, 1.165) is 13.1 Å². The predicted octanol–water partition coefficient (Wildman–Crippen LogP) is 3.47.